The second-order valence-corrected chi connectivity index (χ2v) is 5.00. The number of rotatable bonds is 6. The molecular formula is C12H14F3N7O3. The minimum atomic E-state index is -4.71. The Bertz CT molecular complexity index is 783. The van der Waals surface area contributed by atoms with E-state index in [1.807, 2.05) is 0 Å². The monoisotopic (exact) mass is 361 g/mol. The molecule has 0 saturated heterocycles. The van der Waals surface area contributed by atoms with Crippen LogP contribution in [0.15, 0.2) is 0 Å². The summed E-state index contributed by atoms with van der Waals surface area (Å²) in [5, 5.41) is 17.8. The normalized spacial score (nSPS) is 11.6. The van der Waals surface area contributed by atoms with Crippen molar-refractivity contribution in [2.45, 2.75) is 26.4 Å². The molecule has 2 aromatic heterocycles. The largest absolute Gasteiger partial charge is 0.480 e. The van der Waals surface area contributed by atoms with Crippen LogP contribution in [0.5, 0.6) is 0 Å². The van der Waals surface area contributed by atoms with Crippen molar-refractivity contribution in [3.8, 4) is 5.95 Å². The molecule has 2 aromatic rings. The number of alkyl halides is 3. The van der Waals surface area contributed by atoms with Crippen LogP contribution >= 0.6 is 0 Å². The number of H-pyrrole nitrogens is 1. The Labute approximate surface area is 138 Å². The number of nitrogens with one attached hydrogen (secondary N) is 1. The van der Waals surface area contributed by atoms with Crippen molar-refractivity contribution in [1.82, 2.24) is 34.8 Å². The van der Waals surface area contributed by atoms with Gasteiger partial charge in [-0.2, -0.15) is 22.8 Å². The summed E-state index contributed by atoms with van der Waals surface area (Å²) < 4.78 is 38.6. The Kier molecular flexibility index (Phi) is 5.04. The molecule has 0 spiro atoms. The number of aliphatic carboxylic acids is 1. The summed E-state index contributed by atoms with van der Waals surface area (Å²) in [7, 11) is 0. The molecule has 10 nitrogen and oxygen atoms in total. The number of aromatic nitrogens is 6. The van der Waals surface area contributed by atoms with Gasteiger partial charge in [0.1, 0.15) is 12.4 Å². The molecule has 1 amide bonds. The predicted molar refractivity (Wildman–Crippen MR) is 74.9 cm³/mol. The lowest BCUT2D eigenvalue weighted by Gasteiger charge is -2.17. The molecule has 0 aliphatic carbocycles. The molecule has 0 aliphatic heterocycles. The fourth-order valence-electron chi connectivity index (χ4n) is 1.97. The standard InChI is InChI=1S/C12H14F3N7O3/c1-3-4-21(5-7(23)24)9(25)8-16-6(2)22(20-8)11-17-10(18-19-11)12(13,14)15/h3-5H2,1-2H3,(H,23,24)(H,17,18,19). The van der Waals surface area contributed by atoms with Gasteiger partial charge in [0.2, 0.25) is 11.6 Å². The number of carbonyl (C=O) groups excluding carboxylic acids is 1. The lowest BCUT2D eigenvalue weighted by atomic mass is 10.3. The highest BCUT2D eigenvalue weighted by Crippen LogP contribution is 2.26. The average Bonchev–Trinajstić information content (AvgIpc) is 3.11. The summed E-state index contributed by atoms with van der Waals surface area (Å²) in [4.78, 5) is 31.3. The van der Waals surface area contributed by atoms with E-state index in [9.17, 15) is 22.8 Å². The van der Waals surface area contributed by atoms with Crippen LogP contribution in [0.3, 0.4) is 0 Å². The Balaban J connectivity index is 2.31. The molecular weight excluding hydrogens is 347 g/mol. The van der Waals surface area contributed by atoms with Gasteiger partial charge in [-0.15, -0.1) is 10.2 Å². The predicted octanol–water partition coefficient (Wildman–Crippen LogP) is 0.649. The minimum absolute atomic E-state index is 0.0721. The van der Waals surface area contributed by atoms with Gasteiger partial charge in [0, 0.05) is 6.54 Å². The van der Waals surface area contributed by atoms with Gasteiger partial charge in [-0.25, -0.2) is 4.98 Å². The van der Waals surface area contributed by atoms with Crippen LogP contribution in [0.1, 0.15) is 35.6 Å². The van der Waals surface area contributed by atoms with E-state index in [-0.39, 0.29) is 18.2 Å². The zero-order valence-corrected chi connectivity index (χ0v) is 13.2. The van der Waals surface area contributed by atoms with E-state index in [1.54, 1.807) is 12.0 Å². The molecule has 0 radical (unpaired) electrons. The summed E-state index contributed by atoms with van der Waals surface area (Å²) in [5.41, 5.74) is 0. The van der Waals surface area contributed by atoms with Crippen molar-refractivity contribution in [3.05, 3.63) is 17.5 Å². The number of amides is 1. The lowest BCUT2D eigenvalue weighted by molar-refractivity contribution is -0.144. The lowest BCUT2D eigenvalue weighted by Crippen LogP contribution is -2.36. The van der Waals surface area contributed by atoms with Crippen molar-refractivity contribution in [1.29, 1.82) is 0 Å². The molecule has 0 atom stereocenters. The number of carboxylic acid groups (broad SMARTS) is 1. The van der Waals surface area contributed by atoms with E-state index in [1.165, 1.54) is 6.92 Å². The molecule has 0 bridgehead atoms. The summed E-state index contributed by atoms with van der Waals surface area (Å²) in [6, 6.07) is 0. The van der Waals surface area contributed by atoms with Crippen molar-refractivity contribution in [2.24, 2.45) is 0 Å². The Morgan fingerprint density at radius 3 is 2.52 bits per heavy atom. The van der Waals surface area contributed by atoms with Gasteiger partial charge >= 0.3 is 12.1 Å². The average molecular weight is 361 g/mol. The van der Waals surface area contributed by atoms with Crippen LogP contribution in [0.4, 0.5) is 13.2 Å². The van der Waals surface area contributed by atoms with Crippen molar-refractivity contribution in [2.75, 3.05) is 13.1 Å². The van der Waals surface area contributed by atoms with E-state index in [4.69, 9.17) is 5.11 Å². The second kappa shape index (κ2) is 6.86. The zero-order chi connectivity index (χ0) is 18.8. The smallest absolute Gasteiger partial charge is 0.451 e. The van der Waals surface area contributed by atoms with E-state index >= 15 is 0 Å². The third-order valence-electron chi connectivity index (χ3n) is 3.00. The van der Waals surface area contributed by atoms with Gasteiger partial charge < -0.3 is 10.0 Å². The molecule has 13 heteroatoms. The van der Waals surface area contributed by atoms with Crippen LogP contribution in [-0.2, 0) is 11.0 Å². The summed E-state index contributed by atoms with van der Waals surface area (Å²) in [6.07, 6.45) is -4.20. The Morgan fingerprint density at radius 1 is 1.32 bits per heavy atom. The topological polar surface area (TPSA) is 130 Å². The highest BCUT2D eigenvalue weighted by Gasteiger charge is 2.36. The number of carbonyl (C=O) groups is 2. The zero-order valence-electron chi connectivity index (χ0n) is 13.2. The molecule has 0 aromatic carbocycles. The number of nitrogens with zero attached hydrogens (tertiary/aromatic N) is 6. The molecule has 0 saturated carbocycles. The fraction of sp³-hybridized carbons (Fsp3) is 0.500. The van der Waals surface area contributed by atoms with Crippen molar-refractivity contribution < 1.29 is 27.9 Å². The van der Waals surface area contributed by atoms with Gasteiger partial charge in [-0.1, -0.05) is 6.92 Å². The van der Waals surface area contributed by atoms with Crippen molar-refractivity contribution in [3.63, 3.8) is 0 Å². The van der Waals surface area contributed by atoms with E-state index in [0.717, 1.165) is 9.58 Å². The first-order valence-corrected chi connectivity index (χ1v) is 7.08. The molecule has 0 fully saturated rings. The Hall–Kier alpha value is -2.99. The fourth-order valence-corrected chi connectivity index (χ4v) is 1.97. The molecule has 136 valence electrons. The number of hydrogen-bond donors (Lipinski definition) is 2. The number of hydrogen-bond acceptors (Lipinski definition) is 6. The van der Waals surface area contributed by atoms with Gasteiger partial charge in [0.05, 0.1) is 0 Å². The number of carboxylic acids is 1. The summed E-state index contributed by atoms with van der Waals surface area (Å²) in [6.45, 7) is 2.78. The van der Waals surface area contributed by atoms with Crippen LogP contribution in [-0.4, -0.2) is 64.9 Å². The molecule has 2 N–H and O–H groups in total. The van der Waals surface area contributed by atoms with Crippen LogP contribution < -0.4 is 0 Å². The maximum atomic E-state index is 12.6. The van der Waals surface area contributed by atoms with Gasteiger partial charge in [0.25, 0.3) is 11.9 Å². The maximum Gasteiger partial charge on any atom is 0.451 e. The van der Waals surface area contributed by atoms with Crippen LogP contribution in [0, 0.1) is 6.92 Å². The third-order valence-corrected chi connectivity index (χ3v) is 3.00. The summed E-state index contributed by atoms with van der Waals surface area (Å²) in [5.74, 6) is -3.99. The van der Waals surface area contributed by atoms with E-state index < -0.39 is 36.4 Å². The van der Waals surface area contributed by atoms with Crippen LogP contribution in [0.25, 0.3) is 5.95 Å². The number of aryl methyl sites for hydroxylation is 1. The second-order valence-electron chi connectivity index (χ2n) is 5.00. The Morgan fingerprint density at radius 2 is 2.00 bits per heavy atom. The first-order chi connectivity index (χ1) is 11.6. The maximum absolute atomic E-state index is 12.6. The molecule has 2 rings (SSSR count). The van der Waals surface area contributed by atoms with Gasteiger partial charge in [-0.05, 0) is 13.3 Å². The first kappa shape index (κ1) is 18.4. The minimum Gasteiger partial charge on any atom is -0.480 e. The highest BCUT2D eigenvalue weighted by atomic mass is 19.4. The van der Waals surface area contributed by atoms with Crippen LogP contribution in [0.2, 0.25) is 0 Å². The van der Waals surface area contributed by atoms with Gasteiger partial charge in [-0.3, -0.25) is 14.7 Å². The van der Waals surface area contributed by atoms with E-state index in [0.29, 0.717) is 6.42 Å². The molecule has 2 heterocycles. The highest BCUT2D eigenvalue weighted by molar-refractivity contribution is 5.92. The third kappa shape index (κ3) is 4.10. The first-order valence-electron chi connectivity index (χ1n) is 7.08. The van der Waals surface area contributed by atoms with Crippen molar-refractivity contribution >= 4 is 11.9 Å². The molecule has 25 heavy (non-hydrogen) atoms. The number of halogens is 3. The number of aromatic amines is 1. The molecule has 0 aliphatic rings. The molecule has 0 unspecified atom stereocenters. The van der Waals surface area contributed by atoms with Gasteiger partial charge in [0.15, 0.2) is 0 Å². The SMILES string of the molecule is CCCN(CC(=O)O)C(=O)c1nc(C)n(-c2n[nH]c(C(F)(F)F)n2)n1. The van der Waals surface area contributed by atoms with E-state index in [2.05, 4.69) is 20.2 Å². The quantitative estimate of drug-likeness (QED) is 0.772. The summed E-state index contributed by atoms with van der Waals surface area (Å²) >= 11 is 0.